The Kier molecular flexibility index (Phi) is 4.15. The summed E-state index contributed by atoms with van der Waals surface area (Å²) in [7, 11) is 0. The molecular formula is C16H12F2N2O3S. The second kappa shape index (κ2) is 6.12. The lowest BCUT2D eigenvalue weighted by atomic mass is 10.1. The van der Waals surface area contributed by atoms with Crippen molar-refractivity contribution in [1.82, 2.24) is 9.55 Å². The maximum absolute atomic E-state index is 14.1. The summed E-state index contributed by atoms with van der Waals surface area (Å²) in [6.07, 6.45) is 0.669. The molecule has 0 spiro atoms. The van der Waals surface area contributed by atoms with E-state index in [1.807, 2.05) is 6.92 Å². The molecule has 1 aromatic carbocycles. The number of carboxylic acid groups (broad SMARTS) is 1. The van der Waals surface area contributed by atoms with Gasteiger partial charge in [-0.05, 0) is 24.6 Å². The quantitative estimate of drug-likeness (QED) is 0.785. The highest BCUT2D eigenvalue weighted by atomic mass is 32.1. The molecule has 0 fully saturated rings. The van der Waals surface area contributed by atoms with Gasteiger partial charge in [0, 0.05) is 4.88 Å². The van der Waals surface area contributed by atoms with Gasteiger partial charge in [-0.1, -0.05) is 13.0 Å². The number of aryl methyl sites for hydroxylation is 1. The van der Waals surface area contributed by atoms with Crippen LogP contribution >= 0.6 is 11.3 Å². The SMILES string of the molecule is CCc1cc2c(=O)n(CC(=O)O)c(-c3c(F)cccc3F)nc2s1. The van der Waals surface area contributed by atoms with E-state index in [4.69, 9.17) is 5.11 Å². The zero-order valence-corrected chi connectivity index (χ0v) is 13.4. The monoisotopic (exact) mass is 350 g/mol. The van der Waals surface area contributed by atoms with E-state index in [0.29, 0.717) is 11.3 Å². The third kappa shape index (κ3) is 2.69. The van der Waals surface area contributed by atoms with Crippen molar-refractivity contribution in [3.05, 3.63) is 51.1 Å². The highest BCUT2D eigenvalue weighted by Crippen LogP contribution is 2.28. The highest BCUT2D eigenvalue weighted by molar-refractivity contribution is 7.18. The first-order valence-corrected chi connectivity index (χ1v) is 7.93. The van der Waals surface area contributed by atoms with Crippen molar-refractivity contribution in [2.75, 3.05) is 0 Å². The normalized spacial score (nSPS) is 11.1. The van der Waals surface area contributed by atoms with E-state index in [9.17, 15) is 18.4 Å². The van der Waals surface area contributed by atoms with Crippen LogP contribution in [0, 0.1) is 11.6 Å². The number of nitrogens with zero attached hydrogens (tertiary/aromatic N) is 2. The Bertz CT molecular complexity index is 990. The minimum Gasteiger partial charge on any atom is -0.480 e. The molecule has 0 bridgehead atoms. The van der Waals surface area contributed by atoms with Gasteiger partial charge in [0.2, 0.25) is 0 Å². The number of halogens is 2. The van der Waals surface area contributed by atoms with Gasteiger partial charge in [0.15, 0.2) is 5.82 Å². The second-order valence-electron chi connectivity index (χ2n) is 5.10. The van der Waals surface area contributed by atoms with Gasteiger partial charge in [-0.3, -0.25) is 14.2 Å². The Morgan fingerprint density at radius 1 is 1.33 bits per heavy atom. The van der Waals surface area contributed by atoms with Crippen LogP contribution in [0.1, 0.15) is 11.8 Å². The molecule has 2 heterocycles. The van der Waals surface area contributed by atoms with Crippen molar-refractivity contribution < 1.29 is 18.7 Å². The Balaban J connectivity index is 2.41. The zero-order valence-electron chi connectivity index (χ0n) is 12.5. The number of thiophene rings is 1. The van der Waals surface area contributed by atoms with E-state index in [1.54, 1.807) is 6.07 Å². The van der Waals surface area contributed by atoms with Crippen molar-refractivity contribution in [2.24, 2.45) is 0 Å². The number of hydrogen-bond donors (Lipinski definition) is 1. The minimum atomic E-state index is -1.30. The molecule has 0 atom stereocenters. The van der Waals surface area contributed by atoms with Crippen molar-refractivity contribution in [3.8, 4) is 11.4 Å². The van der Waals surface area contributed by atoms with Crippen LogP contribution in [0.15, 0.2) is 29.1 Å². The lowest BCUT2D eigenvalue weighted by Gasteiger charge is -2.11. The molecule has 8 heteroatoms. The number of benzene rings is 1. The lowest BCUT2D eigenvalue weighted by Crippen LogP contribution is -2.27. The number of rotatable bonds is 4. The first kappa shape index (κ1) is 16.3. The Morgan fingerprint density at radius 2 is 2.00 bits per heavy atom. The molecule has 0 aliphatic heterocycles. The molecule has 0 saturated heterocycles. The zero-order chi connectivity index (χ0) is 17.4. The largest absolute Gasteiger partial charge is 0.480 e. The van der Waals surface area contributed by atoms with Crippen LogP contribution in [0.5, 0.6) is 0 Å². The molecule has 0 amide bonds. The van der Waals surface area contributed by atoms with E-state index < -0.39 is 35.3 Å². The molecule has 24 heavy (non-hydrogen) atoms. The maximum Gasteiger partial charge on any atom is 0.323 e. The van der Waals surface area contributed by atoms with Crippen molar-refractivity contribution in [3.63, 3.8) is 0 Å². The first-order chi connectivity index (χ1) is 11.4. The smallest absolute Gasteiger partial charge is 0.323 e. The van der Waals surface area contributed by atoms with Gasteiger partial charge >= 0.3 is 5.97 Å². The molecule has 124 valence electrons. The van der Waals surface area contributed by atoms with Gasteiger partial charge in [-0.15, -0.1) is 11.3 Å². The van der Waals surface area contributed by atoms with Crippen LogP contribution in [0.25, 0.3) is 21.6 Å². The molecule has 3 rings (SSSR count). The molecule has 0 saturated carbocycles. The second-order valence-corrected chi connectivity index (χ2v) is 6.22. The summed E-state index contributed by atoms with van der Waals surface area (Å²) in [6, 6.07) is 4.89. The fourth-order valence-corrected chi connectivity index (χ4v) is 3.38. The lowest BCUT2D eigenvalue weighted by molar-refractivity contribution is -0.137. The summed E-state index contributed by atoms with van der Waals surface area (Å²) < 4.78 is 29.0. The van der Waals surface area contributed by atoms with Gasteiger partial charge in [-0.2, -0.15) is 0 Å². The van der Waals surface area contributed by atoms with Crippen LogP contribution in [-0.4, -0.2) is 20.6 Å². The predicted molar refractivity (Wildman–Crippen MR) is 86.2 cm³/mol. The van der Waals surface area contributed by atoms with Gasteiger partial charge in [0.05, 0.1) is 10.9 Å². The van der Waals surface area contributed by atoms with E-state index in [1.165, 1.54) is 17.4 Å². The topological polar surface area (TPSA) is 72.2 Å². The molecule has 1 N–H and O–H groups in total. The number of hydrogen-bond acceptors (Lipinski definition) is 4. The summed E-state index contributed by atoms with van der Waals surface area (Å²) in [5, 5.41) is 9.30. The Labute approximate surface area is 138 Å². The molecule has 0 radical (unpaired) electrons. The molecule has 0 aliphatic rings. The standard InChI is InChI=1S/C16H12F2N2O3S/c1-2-8-6-9-15(24-8)19-14(20(16(9)23)7-12(21)22)13-10(17)4-3-5-11(13)18/h3-6H,2,7H2,1H3,(H,21,22). The van der Waals surface area contributed by atoms with E-state index in [2.05, 4.69) is 4.98 Å². The average Bonchev–Trinajstić information content (AvgIpc) is 2.94. The summed E-state index contributed by atoms with van der Waals surface area (Å²) >= 11 is 1.24. The van der Waals surface area contributed by atoms with Gasteiger partial charge in [0.1, 0.15) is 23.0 Å². The van der Waals surface area contributed by atoms with Gasteiger partial charge < -0.3 is 5.11 Å². The summed E-state index contributed by atoms with van der Waals surface area (Å²) in [5.41, 5.74) is -1.14. The minimum absolute atomic E-state index is 0.249. The molecular weight excluding hydrogens is 338 g/mol. The van der Waals surface area contributed by atoms with E-state index in [0.717, 1.165) is 21.6 Å². The van der Waals surface area contributed by atoms with Crippen molar-refractivity contribution in [1.29, 1.82) is 0 Å². The summed E-state index contributed by atoms with van der Waals surface area (Å²) in [4.78, 5) is 29.1. The van der Waals surface area contributed by atoms with Gasteiger partial charge in [-0.25, -0.2) is 13.8 Å². The third-order valence-corrected chi connectivity index (χ3v) is 4.70. The van der Waals surface area contributed by atoms with E-state index >= 15 is 0 Å². The Morgan fingerprint density at radius 3 is 2.58 bits per heavy atom. The number of fused-ring (bicyclic) bond motifs is 1. The highest BCUT2D eigenvalue weighted by Gasteiger charge is 2.21. The molecule has 0 aliphatic carbocycles. The fraction of sp³-hybridized carbons (Fsp3) is 0.188. The number of aromatic nitrogens is 2. The first-order valence-electron chi connectivity index (χ1n) is 7.11. The van der Waals surface area contributed by atoms with Crippen LogP contribution in [0.3, 0.4) is 0 Å². The van der Waals surface area contributed by atoms with Gasteiger partial charge in [0.25, 0.3) is 5.56 Å². The summed E-state index contributed by atoms with van der Waals surface area (Å²) in [5.74, 6) is -3.45. The van der Waals surface area contributed by atoms with Crippen LogP contribution in [0.4, 0.5) is 8.78 Å². The Hall–Kier alpha value is -2.61. The molecule has 3 aromatic rings. The van der Waals surface area contributed by atoms with Crippen LogP contribution < -0.4 is 5.56 Å². The van der Waals surface area contributed by atoms with E-state index in [-0.39, 0.29) is 11.2 Å². The average molecular weight is 350 g/mol. The predicted octanol–water partition coefficient (Wildman–Crippen LogP) is 3.05. The molecule has 5 nitrogen and oxygen atoms in total. The molecule has 2 aromatic heterocycles. The van der Waals surface area contributed by atoms with Crippen molar-refractivity contribution in [2.45, 2.75) is 19.9 Å². The third-order valence-electron chi connectivity index (χ3n) is 3.53. The fourth-order valence-electron chi connectivity index (χ4n) is 2.42. The van der Waals surface area contributed by atoms with Crippen LogP contribution in [-0.2, 0) is 17.8 Å². The van der Waals surface area contributed by atoms with Crippen molar-refractivity contribution >= 4 is 27.5 Å². The number of carboxylic acids is 1. The van der Waals surface area contributed by atoms with Crippen LogP contribution in [0.2, 0.25) is 0 Å². The number of carbonyl (C=O) groups is 1. The molecule has 0 unspecified atom stereocenters. The number of aliphatic carboxylic acids is 1. The maximum atomic E-state index is 14.1. The summed E-state index contributed by atoms with van der Waals surface area (Å²) in [6.45, 7) is 1.17.